The number of hydrogen-bond acceptors (Lipinski definition) is 3. The molecule has 19 heavy (non-hydrogen) atoms. The zero-order valence-corrected chi connectivity index (χ0v) is 11.6. The van der Waals surface area contributed by atoms with Gasteiger partial charge in [-0.25, -0.2) is 0 Å². The van der Waals surface area contributed by atoms with Crippen molar-refractivity contribution in [3.63, 3.8) is 0 Å². The van der Waals surface area contributed by atoms with E-state index in [0.29, 0.717) is 12.0 Å². The summed E-state index contributed by atoms with van der Waals surface area (Å²) in [5.41, 5.74) is 8.45. The first-order valence-electron chi connectivity index (χ1n) is 7.68. The minimum Gasteiger partial charge on any atom is -0.382 e. The van der Waals surface area contributed by atoms with Crippen molar-refractivity contribution in [2.24, 2.45) is 11.7 Å². The Morgan fingerprint density at radius 2 is 1.79 bits per heavy atom. The van der Waals surface area contributed by atoms with Crippen molar-refractivity contribution in [1.29, 1.82) is 0 Å². The van der Waals surface area contributed by atoms with E-state index in [2.05, 4.69) is 34.5 Å². The van der Waals surface area contributed by atoms with Crippen molar-refractivity contribution in [2.75, 3.05) is 29.9 Å². The van der Waals surface area contributed by atoms with Gasteiger partial charge in [-0.05, 0) is 62.4 Å². The molecule has 0 amide bonds. The standard InChI is InChI=1S/C16H25N3/c17-12-13-4-3-5-16(13)18-14-6-8-15(9-7-14)19-10-1-2-11-19/h6-9,13,16,18H,1-5,10-12,17H2. The molecule has 2 aliphatic rings. The highest BCUT2D eigenvalue weighted by Crippen LogP contribution is 2.29. The van der Waals surface area contributed by atoms with E-state index in [1.165, 1.54) is 56.6 Å². The van der Waals surface area contributed by atoms with Gasteiger partial charge in [-0.3, -0.25) is 0 Å². The summed E-state index contributed by atoms with van der Waals surface area (Å²) in [6.45, 7) is 3.23. The summed E-state index contributed by atoms with van der Waals surface area (Å²) in [5, 5.41) is 3.66. The Morgan fingerprint density at radius 1 is 1.05 bits per heavy atom. The SMILES string of the molecule is NCC1CCCC1Nc1ccc(N2CCCC2)cc1. The molecule has 1 aromatic carbocycles. The lowest BCUT2D eigenvalue weighted by Crippen LogP contribution is -2.29. The quantitative estimate of drug-likeness (QED) is 0.873. The Kier molecular flexibility index (Phi) is 3.92. The lowest BCUT2D eigenvalue weighted by Gasteiger charge is -2.22. The maximum Gasteiger partial charge on any atom is 0.0367 e. The second-order valence-electron chi connectivity index (χ2n) is 5.92. The van der Waals surface area contributed by atoms with Crippen LogP contribution >= 0.6 is 0 Å². The minimum atomic E-state index is 0.572. The summed E-state index contributed by atoms with van der Waals surface area (Å²) in [6.07, 6.45) is 6.52. The van der Waals surface area contributed by atoms with Crippen molar-refractivity contribution in [3.8, 4) is 0 Å². The van der Waals surface area contributed by atoms with Crippen molar-refractivity contribution in [3.05, 3.63) is 24.3 Å². The molecule has 1 saturated carbocycles. The Hall–Kier alpha value is -1.22. The summed E-state index contributed by atoms with van der Waals surface area (Å²) in [7, 11) is 0. The van der Waals surface area contributed by atoms with E-state index in [1.54, 1.807) is 0 Å². The monoisotopic (exact) mass is 259 g/mol. The van der Waals surface area contributed by atoms with Gasteiger partial charge >= 0.3 is 0 Å². The summed E-state index contributed by atoms with van der Waals surface area (Å²) in [4.78, 5) is 2.47. The molecule has 1 saturated heterocycles. The molecule has 0 spiro atoms. The van der Waals surface area contributed by atoms with Gasteiger partial charge < -0.3 is 16.0 Å². The summed E-state index contributed by atoms with van der Waals surface area (Å²) in [5.74, 6) is 0.651. The molecule has 3 rings (SSSR count). The molecule has 2 fully saturated rings. The first kappa shape index (κ1) is 12.8. The average Bonchev–Trinajstić information content (AvgIpc) is 3.10. The van der Waals surface area contributed by atoms with Gasteiger partial charge in [0.25, 0.3) is 0 Å². The van der Waals surface area contributed by atoms with Crippen LogP contribution in [0.1, 0.15) is 32.1 Å². The number of nitrogens with one attached hydrogen (secondary N) is 1. The molecule has 1 heterocycles. The Labute approximate surface area is 116 Å². The molecular weight excluding hydrogens is 234 g/mol. The fraction of sp³-hybridized carbons (Fsp3) is 0.625. The van der Waals surface area contributed by atoms with Crippen LogP contribution in [0.15, 0.2) is 24.3 Å². The minimum absolute atomic E-state index is 0.572. The fourth-order valence-electron chi connectivity index (χ4n) is 3.47. The Morgan fingerprint density at radius 3 is 2.47 bits per heavy atom. The first-order chi connectivity index (χ1) is 9.36. The van der Waals surface area contributed by atoms with E-state index < -0.39 is 0 Å². The molecule has 104 valence electrons. The predicted octanol–water partition coefficient (Wildman–Crippen LogP) is 2.83. The van der Waals surface area contributed by atoms with Gasteiger partial charge in [0.2, 0.25) is 0 Å². The lowest BCUT2D eigenvalue weighted by molar-refractivity contribution is 0.516. The molecule has 0 aromatic heterocycles. The maximum atomic E-state index is 5.84. The van der Waals surface area contributed by atoms with Crippen molar-refractivity contribution in [2.45, 2.75) is 38.1 Å². The van der Waals surface area contributed by atoms with Gasteiger partial charge in [0.15, 0.2) is 0 Å². The van der Waals surface area contributed by atoms with Gasteiger partial charge in [0.05, 0.1) is 0 Å². The molecule has 3 N–H and O–H groups in total. The van der Waals surface area contributed by atoms with E-state index in [1.807, 2.05) is 0 Å². The summed E-state index contributed by atoms with van der Waals surface area (Å²) < 4.78 is 0. The van der Waals surface area contributed by atoms with Crippen LogP contribution in [0.5, 0.6) is 0 Å². The molecule has 1 aliphatic carbocycles. The zero-order valence-electron chi connectivity index (χ0n) is 11.6. The maximum absolute atomic E-state index is 5.84. The number of rotatable bonds is 4. The highest BCUT2D eigenvalue weighted by Gasteiger charge is 2.25. The van der Waals surface area contributed by atoms with Crippen LogP contribution in [0.25, 0.3) is 0 Å². The van der Waals surface area contributed by atoms with Gasteiger partial charge in [0.1, 0.15) is 0 Å². The molecule has 2 unspecified atom stereocenters. The molecular formula is C16H25N3. The van der Waals surface area contributed by atoms with Gasteiger partial charge in [-0.2, -0.15) is 0 Å². The summed E-state index contributed by atoms with van der Waals surface area (Å²) in [6, 6.07) is 9.52. The van der Waals surface area contributed by atoms with Gasteiger partial charge in [0, 0.05) is 30.5 Å². The molecule has 1 aliphatic heterocycles. The predicted molar refractivity (Wildman–Crippen MR) is 81.7 cm³/mol. The third-order valence-corrected chi connectivity index (χ3v) is 4.65. The van der Waals surface area contributed by atoms with E-state index in [0.717, 1.165) is 6.54 Å². The Balaban J connectivity index is 1.62. The van der Waals surface area contributed by atoms with Crippen LogP contribution in [0, 0.1) is 5.92 Å². The van der Waals surface area contributed by atoms with E-state index in [4.69, 9.17) is 5.73 Å². The van der Waals surface area contributed by atoms with E-state index in [9.17, 15) is 0 Å². The highest BCUT2D eigenvalue weighted by molar-refractivity contribution is 5.56. The number of anilines is 2. The third-order valence-electron chi connectivity index (χ3n) is 4.65. The summed E-state index contributed by atoms with van der Waals surface area (Å²) >= 11 is 0. The number of hydrogen-bond donors (Lipinski definition) is 2. The molecule has 0 bridgehead atoms. The van der Waals surface area contributed by atoms with Gasteiger partial charge in [-0.15, -0.1) is 0 Å². The second kappa shape index (κ2) is 5.83. The number of nitrogens with two attached hydrogens (primary N) is 1. The van der Waals surface area contributed by atoms with Crippen molar-refractivity contribution >= 4 is 11.4 Å². The molecule has 3 nitrogen and oxygen atoms in total. The van der Waals surface area contributed by atoms with Crippen LogP contribution in [-0.2, 0) is 0 Å². The van der Waals surface area contributed by atoms with Gasteiger partial charge in [-0.1, -0.05) is 6.42 Å². The largest absolute Gasteiger partial charge is 0.382 e. The van der Waals surface area contributed by atoms with Crippen LogP contribution in [0.4, 0.5) is 11.4 Å². The third kappa shape index (κ3) is 2.86. The molecule has 1 aromatic rings. The topological polar surface area (TPSA) is 41.3 Å². The van der Waals surface area contributed by atoms with E-state index in [-0.39, 0.29) is 0 Å². The normalized spacial score (nSPS) is 26.9. The van der Waals surface area contributed by atoms with Crippen LogP contribution in [0.2, 0.25) is 0 Å². The van der Waals surface area contributed by atoms with Crippen molar-refractivity contribution in [1.82, 2.24) is 0 Å². The second-order valence-corrected chi connectivity index (χ2v) is 5.92. The molecule has 2 atom stereocenters. The van der Waals surface area contributed by atoms with Crippen LogP contribution in [-0.4, -0.2) is 25.7 Å². The number of nitrogens with zero attached hydrogens (tertiary/aromatic N) is 1. The first-order valence-corrected chi connectivity index (χ1v) is 7.68. The fourth-order valence-corrected chi connectivity index (χ4v) is 3.47. The molecule has 0 radical (unpaired) electrons. The lowest BCUT2D eigenvalue weighted by atomic mass is 10.0. The Bertz CT molecular complexity index is 395. The smallest absolute Gasteiger partial charge is 0.0367 e. The van der Waals surface area contributed by atoms with Crippen LogP contribution in [0.3, 0.4) is 0 Å². The average molecular weight is 259 g/mol. The molecule has 3 heteroatoms. The van der Waals surface area contributed by atoms with Crippen molar-refractivity contribution < 1.29 is 0 Å². The highest BCUT2D eigenvalue weighted by atomic mass is 15.1. The number of benzene rings is 1. The zero-order chi connectivity index (χ0) is 13.1. The van der Waals surface area contributed by atoms with Crippen LogP contribution < -0.4 is 16.0 Å². The van der Waals surface area contributed by atoms with E-state index >= 15 is 0 Å².